The highest BCUT2D eigenvalue weighted by atomic mass is 35.5. The molecule has 2 N–H and O–H groups in total. The van der Waals surface area contributed by atoms with Gasteiger partial charge < -0.3 is 9.47 Å². The molecular weight excluding hydrogens is 413 g/mol. The molecule has 1 aliphatic heterocycles. The van der Waals surface area contributed by atoms with E-state index in [1.807, 2.05) is 0 Å². The van der Waals surface area contributed by atoms with Crippen LogP contribution in [0.5, 0.6) is 11.5 Å². The molecular formula is C18H17ClFNO6S. The summed E-state index contributed by atoms with van der Waals surface area (Å²) < 4.78 is 48.4. The fraction of sp³-hybridized carbons (Fsp3) is 0.278. The van der Waals surface area contributed by atoms with Crippen molar-refractivity contribution in [1.29, 1.82) is 0 Å². The van der Waals surface area contributed by atoms with Gasteiger partial charge in [0.15, 0.2) is 14.6 Å². The quantitative estimate of drug-likeness (QED) is 0.559. The molecule has 1 fully saturated rings. The number of rotatable bonds is 5. The first-order valence-corrected chi connectivity index (χ1v) is 10.2. The van der Waals surface area contributed by atoms with Crippen molar-refractivity contribution < 1.29 is 32.3 Å². The van der Waals surface area contributed by atoms with Gasteiger partial charge in [0.1, 0.15) is 17.3 Å². The Morgan fingerprint density at radius 2 is 1.75 bits per heavy atom. The van der Waals surface area contributed by atoms with Crippen LogP contribution in [-0.4, -0.2) is 37.5 Å². The van der Waals surface area contributed by atoms with Gasteiger partial charge in [0, 0.05) is 19.3 Å². The lowest BCUT2D eigenvalue weighted by Crippen LogP contribution is -2.54. The summed E-state index contributed by atoms with van der Waals surface area (Å²) in [5.74, 6) is -0.992. The first kappa shape index (κ1) is 20.5. The van der Waals surface area contributed by atoms with E-state index < -0.39 is 26.3 Å². The van der Waals surface area contributed by atoms with Gasteiger partial charge in [-0.25, -0.2) is 18.3 Å². The number of nitrogens with one attached hydrogen (secondary N) is 1. The van der Waals surface area contributed by atoms with Gasteiger partial charge in [-0.1, -0.05) is 11.6 Å². The average molecular weight is 430 g/mol. The standard InChI is InChI=1S/C18H17ClFNO6S/c19-15-11-13(3-6-16(15)20)27-12-1-4-14(5-2-12)28(24,25)18(17(22)21-23)7-9-26-10-8-18/h1-6,11,23H,7-10H2,(H,21,22). The number of carbonyl (C=O) groups is 1. The lowest BCUT2D eigenvalue weighted by atomic mass is 9.98. The Morgan fingerprint density at radius 1 is 1.14 bits per heavy atom. The molecule has 0 spiro atoms. The predicted octanol–water partition coefficient (Wildman–Crippen LogP) is 3.10. The molecule has 0 aliphatic carbocycles. The molecule has 0 radical (unpaired) electrons. The summed E-state index contributed by atoms with van der Waals surface area (Å²) in [4.78, 5) is 12.1. The van der Waals surface area contributed by atoms with E-state index in [-0.39, 0.29) is 41.7 Å². The van der Waals surface area contributed by atoms with Crippen molar-refractivity contribution in [2.45, 2.75) is 22.5 Å². The van der Waals surface area contributed by atoms with E-state index in [0.717, 1.165) is 6.07 Å². The maximum atomic E-state index is 13.2. The molecule has 28 heavy (non-hydrogen) atoms. The second kappa shape index (κ2) is 8.04. The third kappa shape index (κ3) is 3.70. The second-order valence-electron chi connectivity index (χ2n) is 6.20. The number of hydrogen-bond donors (Lipinski definition) is 2. The van der Waals surface area contributed by atoms with E-state index in [2.05, 4.69) is 0 Å². The van der Waals surface area contributed by atoms with Crippen LogP contribution in [-0.2, 0) is 19.4 Å². The number of carbonyl (C=O) groups excluding carboxylic acids is 1. The fourth-order valence-corrected chi connectivity index (χ4v) is 5.12. The van der Waals surface area contributed by atoms with Gasteiger partial charge in [0.25, 0.3) is 5.91 Å². The Labute approximate surface area is 165 Å². The highest BCUT2D eigenvalue weighted by molar-refractivity contribution is 7.93. The molecule has 1 heterocycles. The zero-order chi connectivity index (χ0) is 20.4. The molecule has 1 amide bonds. The first-order valence-electron chi connectivity index (χ1n) is 8.30. The number of hydroxylamine groups is 1. The average Bonchev–Trinajstić information content (AvgIpc) is 2.71. The van der Waals surface area contributed by atoms with E-state index in [4.69, 9.17) is 26.3 Å². The molecule has 0 unspecified atom stereocenters. The second-order valence-corrected chi connectivity index (χ2v) is 8.87. The van der Waals surface area contributed by atoms with Crippen molar-refractivity contribution in [3.63, 3.8) is 0 Å². The summed E-state index contributed by atoms with van der Waals surface area (Å²) in [6.07, 6.45) is -0.151. The Kier molecular flexibility index (Phi) is 5.90. The van der Waals surface area contributed by atoms with Gasteiger partial charge >= 0.3 is 0 Å². The Hall–Kier alpha value is -2.20. The van der Waals surface area contributed by atoms with Crippen LogP contribution in [0, 0.1) is 5.82 Å². The van der Waals surface area contributed by atoms with Gasteiger partial charge in [0.05, 0.1) is 9.92 Å². The van der Waals surface area contributed by atoms with E-state index in [0.29, 0.717) is 5.75 Å². The largest absolute Gasteiger partial charge is 0.457 e. The summed E-state index contributed by atoms with van der Waals surface area (Å²) in [7, 11) is -4.12. The van der Waals surface area contributed by atoms with Crippen molar-refractivity contribution in [2.75, 3.05) is 13.2 Å². The molecule has 150 valence electrons. The maximum Gasteiger partial charge on any atom is 0.265 e. The predicted molar refractivity (Wildman–Crippen MR) is 97.8 cm³/mol. The van der Waals surface area contributed by atoms with E-state index in [1.165, 1.54) is 41.9 Å². The number of ether oxygens (including phenoxy) is 2. The summed E-state index contributed by atoms with van der Waals surface area (Å²) in [5.41, 5.74) is 1.46. The third-order valence-electron chi connectivity index (χ3n) is 4.59. The fourth-order valence-electron chi connectivity index (χ4n) is 3.01. The number of sulfone groups is 1. The van der Waals surface area contributed by atoms with Crippen LogP contribution in [0.4, 0.5) is 4.39 Å². The molecule has 0 bridgehead atoms. The van der Waals surface area contributed by atoms with Crippen LogP contribution >= 0.6 is 11.6 Å². The van der Waals surface area contributed by atoms with Gasteiger partial charge in [-0.15, -0.1) is 0 Å². The lowest BCUT2D eigenvalue weighted by Gasteiger charge is -2.34. The summed E-state index contributed by atoms with van der Waals surface area (Å²) in [6.45, 7) is 0.165. The molecule has 0 aromatic heterocycles. The maximum absolute atomic E-state index is 13.2. The van der Waals surface area contributed by atoms with E-state index in [9.17, 15) is 17.6 Å². The summed E-state index contributed by atoms with van der Waals surface area (Å²) >= 11 is 5.71. The Morgan fingerprint density at radius 3 is 2.32 bits per heavy atom. The molecule has 3 rings (SSSR count). The van der Waals surface area contributed by atoms with Crippen LogP contribution in [0.15, 0.2) is 47.4 Å². The van der Waals surface area contributed by atoms with Crippen molar-refractivity contribution in [2.24, 2.45) is 0 Å². The molecule has 7 nitrogen and oxygen atoms in total. The zero-order valence-corrected chi connectivity index (χ0v) is 16.1. The third-order valence-corrected chi connectivity index (χ3v) is 7.40. The van der Waals surface area contributed by atoms with Crippen molar-refractivity contribution in [1.82, 2.24) is 5.48 Å². The first-order chi connectivity index (χ1) is 13.3. The molecule has 2 aromatic rings. The Bertz CT molecular complexity index is 974. The van der Waals surface area contributed by atoms with Crippen LogP contribution in [0.1, 0.15) is 12.8 Å². The Balaban J connectivity index is 1.88. The van der Waals surface area contributed by atoms with Gasteiger partial charge in [-0.3, -0.25) is 10.0 Å². The molecule has 10 heteroatoms. The van der Waals surface area contributed by atoms with Crippen molar-refractivity contribution >= 4 is 27.3 Å². The van der Waals surface area contributed by atoms with Crippen molar-refractivity contribution in [3.05, 3.63) is 53.3 Å². The van der Waals surface area contributed by atoms with Crippen LogP contribution in [0.2, 0.25) is 5.02 Å². The molecule has 0 atom stereocenters. The summed E-state index contributed by atoms with van der Waals surface area (Å²) in [6, 6.07) is 9.26. The summed E-state index contributed by atoms with van der Waals surface area (Å²) in [5, 5.41) is 8.95. The highest BCUT2D eigenvalue weighted by Gasteiger charge is 2.52. The van der Waals surface area contributed by atoms with Crippen LogP contribution < -0.4 is 10.2 Å². The number of amides is 1. The van der Waals surface area contributed by atoms with E-state index in [1.54, 1.807) is 0 Å². The molecule has 2 aromatic carbocycles. The lowest BCUT2D eigenvalue weighted by molar-refractivity contribution is -0.134. The minimum atomic E-state index is -4.12. The number of halogens is 2. The van der Waals surface area contributed by atoms with Gasteiger partial charge in [0.2, 0.25) is 0 Å². The monoisotopic (exact) mass is 429 g/mol. The molecule has 0 saturated carbocycles. The van der Waals surface area contributed by atoms with Crippen molar-refractivity contribution in [3.8, 4) is 11.5 Å². The highest BCUT2D eigenvalue weighted by Crippen LogP contribution is 2.36. The molecule has 1 aliphatic rings. The topological polar surface area (TPSA) is 102 Å². The van der Waals surface area contributed by atoms with Gasteiger partial charge in [-0.2, -0.15) is 0 Å². The van der Waals surface area contributed by atoms with E-state index >= 15 is 0 Å². The smallest absolute Gasteiger partial charge is 0.265 e. The SMILES string of the molecule is O=C(NO)C1(S(=O)(=O)c2ccc(Oc3ccc(F)c(Cl)c3)cc2)CCOCC1. The van der Waals surface area contributed by atoms with Crippen LogP contribution in [0.3, 0.4) is 0 Å². The number of benzene rings is 2. The van der Waals surface area contributed by atoms with Gasteiger partial charge in [-0.05, 0) is 49.2 Å². The minimum Gasteiger partial charge on any atom is -0.457 e. The zero-order valence-electron chi connectivity index (χ0n) is 14.5. The minimum absolute atomic E-state index is 0.0753. The number of hydrogen-bond acceptors (Lipinski definition) is 6. The molecule has 1 saturated heterocycles. The van der Waals surface area contributed by atoms with Crippen LogP contribution in [0.25, 0.3) is 0 Å². The normalized spacial score (nSPS) is 16.4.